The van der Waals surface area contributed by atoms with Gasteiger partial charge < -0.3 is 26.4 Å². The summed E-state index contributed by atoms with van der Waals surface area (Å²) in [4.78, 5) is 35.5. The molecule has 6 N–H and O–H groups in total. The lowest BCUT2D eigenvalue weighted by Crippen LogP contribution is -2.60. The Morgan fingerprint density at radius 2 is 1.85 bits per heavy atom. The number of nitrogens with two attached hydrogens (primary N) is 1. The van der Waals surface area contributed by atoms with Gasteiger partial charge in [0.1, 0.15) is 5.54 Å². The highest BCUT2D eigenvalue weighted by atomic mass is 35.5. The van der Waals surface area contributed by atoms with Gasteiger partial charge in [-0.3, -0.25) is 9.59 Å². The monoisotopic (exact) mass is 384 g/mol. The topological polar surface area (TPSA) is 150 Å². The number of nitrogens with one attached hydrogen (secondary N) is 1. The maximum atomic E-state index is 12.4. The second-order valence-electron chi connectivity index (χ2n) is 6.80. The zero-order valence-corrected chi connectivity index (χ0v) is 14.6. The molecule has 8 nitrogen and oxygen atoms in total. The molecule has 0 aromatic heterocycles. The average molecular weight is 385 g/mol. The van der Waals surface area contributed by atoms with E-state index < -0.39 is 53.3 Å². The predicted octanol–water partition coefficient (Wildman–Crippen LogP) is -0.371. The van der Waals surface area contributed by atoms with Gasteiger partial charge in [0, 0.05) is 18.3 Å². The fourth-order valence-corrected chi connectivity index (χ4v) is 4.06. The molecule has 1 aromatic rings. The maximum absolute atomic E-state index is 12.4. The van der Waals surface area contributed by atoms with Gasteiger partial charge >= 0.3 is 11.9 Å². The molecule has 2 fully saturated rings. The van der Waals surface area contributed by atoms with Crippen LogP contribution in [0.15, 0.2) is 30.3 Å². The summed E-state index contributed by atoms with van der Waals surface area (Å²) in [5, 5.41) is 31.3. The lowest BCUT2D eigenvalue weighted by molar-refractivity contribution is -0.150. The minimum Gasteiger partial charge on any atom is -0.481 e. The Morgan fingerprint density at radius 3 is 2.35 bits per heavy atom. The Kier molecular flexibility index (Phi) is 5.60. The van der Waals surface area contributed by atoms with Crippen LogP contribution in [0.1, 0.15) is 12.0 Å². The number of amides is 1. The molecule has 2 aliphatic carbocycles. The first-order valence-corrected chi connectivity index (χ1v) is 8.03. The van der Waals surface area contributed by atoms with Crippen LogP contribution in [0.25, 0.3) is 0 Å². The quantitative estimate of drug-likeness (QED) is 0.449. The second kappa shape index (κ2) is 7.22. The van der Waals surface area contributed by atoms with Gasteiger partial charge in [-0.2, -0.15) is 0 Å². The Morgan fingerprint density at radius 1 is 1.23 bits per heavy atom. The molecule has 26 heavy (non-hydrogen) atoms. The molecule has 0 spiro atoms. The number of carbonyl (C=O) groups excluding carboxylic acids is 1. The summed E-state index contributed by atoms with van der Waals surface area (Å²) < 4.78 is 0. The maximum Gasteiger partial charge on any atom is 0.329 e. The minimum atomic E-state index is -1.79. The number of aliphatic hydroxyl groups excluding tert-OH is 1. The zero-order chi connectivity index (χ0) is 18.4. The Bertz CT molecular complexity index is 714. The number of aliphatic carboxylic acids is 2. The average Bonchev–Trinajstić information content (AvgIpc) is 3.24. The highest BCUT2D eigenvalue weighted by Crippen LogP contribution is 2.62. The van der Waals surface area contributed by atoms with Crippen molar-refractivity contribution in [2.24, 2.45) is 23.5 Å². The first-order valence-electron chi connectivity index (χ1n) is 8.03. The molecule has 0 unspecified atom stereocenters. The van der Waals surface area contributed by atoms with Crippen LogP contribution in [0.4, 0.5) is 0 Å². The van der Waals surface area contributed by atoms with Crippen molar-refractivity contribution in [3.05, 3.63) is 35.9 Å². The van der Waals surface area contributed by atoms with E-state index in [0.29, 0.717) is 0 Å². The van der Waals surface area contributed by atoms with Crippen molar-refractivity contribution >= 4 is 30.3 Å². The molecule has 0 heterocycles. The third-order valence-corrected chi connectivity index (χ3v) is 5.27. The lowest BCUT2D eigenvalue weighted by atomic mass is 9.89. The van der Waals surface area contributed by atoms with Crippen LogP contribution in [0.2, 0.25) is 0 Å². The summed E-state index contributed by atoms with van der Waals surface area (Å²) in [5.41, 5.74) is 4.93. The van der Waals surface area contributed by atoms with E-state index in [1.807, 2.05) is 6.07 Å². The summed E-state index contributed by atoms with van der Waals surface area (Å²) >= 11 is 0. The number of carboxylic acids is 2. The number of hydrogen-bond donors (Lipinski definition) is 5. The molecule has 3 rings (SSSR count). The van der Waals surface area contributed by atoms with E-state index in [4.69, 9.17) is 5.73 Å². The molecule has 0 saturated heterocycles. The van der Waals surface area contributed by atoms with Crippen molar-refractivity contribution in [1.29, 1.82) is 0 Å². The standard InChI is InChI=1S/C17H20N2O6.ClH/c18-9(6-8-4-2-1-3-5-8)14(21)19-17(16(24)25)7-10(20)11-12(13(11)17)15(22)23;/h1-5,9-13,20H,6-7,18H2,(H,19,21)(H,22,23)(H,24,25);1H/t9-,10-,11-,12-,13-,17-;/m0./s1. The fourth-order valence-electron chi connectivity index (χ4n) is 4.06. The van der Waals surface area contributed by atoms with E-state index in [0.717, 1.165) is 5.56 Å². The van der Waals surface area contributed by atoms with Gasteiger partial charge in [0.15, 0.2) is 0 Å². The summed E-state index contributed by atoms with van der Waals surface area (Å²) in [6.45, 7) is 0. The van der Waals surface area contributed by atoms with E-state index in [1.54, 1.807) is 24.3 Å². The van der Waals surface area contributed by atoms with Gasteiger partial charge in [0.2, 0.25) is 5.91 Å². The largest absolute Gasteiger partial charge is 0.481 e. The van der Waals surface area contributed by atoms with E-state index >= 15 is 0 Å². The number of carbonyl (C=O) groups is 3. The van der Waals surface area contributed by atoms with Crippen LogP contribution in [0.3, 0.4) is 0 Å². The van der Waals surface area contributed by atoms with Gasteiger partial charge in [-0.1, -0.05) is 30.3 Å². The normalized spacial score (nSPS) is 32.7. The van der Waals surface area contributed by atoms with Gasteiger partial charge in [-0.15, -0.1) is 12.4 Å². The summed E-state index contributed by atoms with van der Waals surface area (Å²) in [6, 6.07) is 8.06. The Hall–Kier alpha value is -2.16. The zero-order valence-electron chi connectivity index (χ0n) is 13.7. The van der Waals surface area contributed by atoms with E-state index in [2.05, 4.69) is 5.32 Å². The van der Waals surface area contributed by atoms with Gasteiger partial charge in [-0.05, 0) is 12.0 Å². The summed E-state index contributed by atoms with van der Waals surface area (Å²) in [6.07, 6.45) is -1.07. The molecule has 6 atom stereocenters. The van der Waals surface area contributed by atoms with Crippen molar-refractivity contribution in [3.8, 4) is 0 Å². The van der Waals surface area contributed by atoms with Crippen LogP contribution in [0, 0.1) is 17.8 Å². The fraction of sp³-hybridized carbons (Fsp3) is 0.471. The smallest absolute Gasteiger partial charge is 0.329 e. The predicted molar refractivity (Wildman–Crippen MR) is 92.6 cm³/mol. The molecule has 1 aromatic carbocycles. The molecule has 2 aliphatic rings. The molecule has 2 saturated carbocycles. The highest BCUT2D eigenvalue weighted by Gasteiger charge is 2.75. The molecule has 0 radical (unpaired) electrons. The second-order valence-corrected chi connectivity index (χ2v) is 6.80. The third kappa shape index (κ3) is 3.27. The molecule has 9 heteroatoms. The van der Waals surface area contributed by atoms with Crippen LogP contribution in [-0.4, -0.2) is 50.9 Å². The van der Waals surface area contributed by atoms with Crippen molar-refractivity contribution in [2.75, 3.05) is 0 Å². The summed E-state index contributed by atoms with van der Waals surface area (Å²) in [5.74, 6) is -5.63. The molecular formula is C17H21ClN2O6. The van der Waals surface area contributed by atoms with Crippen LogP contribution >= 0.6 is 12.4 Å². The van der Waals surface area contributed by atoms with E-state index in [-0.39, 0.29) is 25.2 Å². The number of fused-ring (bicyclic) bond motifs is 1. The molecule has 142 valence electrons. The highest BCUT2D eigenvalue weighted by molar-refractivity contribution is 5.92. The first kappa shape index (κ1) is 20.2. The van der Waals surface area contributed by atoms with Crippen molar-refractivity contribution in [3.63, 3.8) is 0 Å². The molecule has 0 bridgehead atoms. The number of halogens is 1. The van der Waals surface area contributed by atoms with Crippen LogP contribution in [-0.2, 0) is 20.8 Å². The Labute approximate surface area is 155 Å². The minimum absolute atomic E-state index is 0. The van der Waals surface area contributed by atoms with Gasteiger partial charge in [0.25, 0.3) is 0 Å². The molecule has 1 amide bonds. The number of rotatable bonds is 6. The van der Waals surface area contributed by atoms with Gasteiger partial charge in [0.05, 0.1) is 18.1 Å². The number of aliphatic hydroxyl groups is 1. The van der Waals surface area contributed by atoms with E-state index in [1.165, 1.54) is 0 Å². The van der Waals surface area contributed by atoms with Gasteiger partial charge in [-0.25, -0.2) is 4.79 Å². The van der Waals surface area contributed by atoms with E-state index in [9.17, 15) is 29.7 Å². The molecular weight excluding hydrogens is 364 g/mol. The SMILES string of the molecule is Cl.N[C@@H](Cc1ccccc1)C(=O)N[C@@]1(C(=O)O)C[C@H](O)[C@H]2[C@H](C(=O)O)[C@H]21. The number of carboxylic acid groups (broad SMARTS) is 2. The first-order chi connectivity index (χ1) is 11.8. The van der Waals surface area contributed by atoms with Crippen molar-refractivity contribution < 1.29 is 29.7 Å². The third-order valence-electron chi connectivity index (χ3n) is 5.27. The molecule has 0 aliphatic heterocycles. The van der Waals surface area contributed by atoms with Crippen LogP contribution < -0.4 is 11.1 Å². The summed E-state index contributed by atoms with van der Waals surface area (Å²) in [7, 11) is 0. The lowest BCUT2D eigenvalue weighted by Gasteiger charge is -2.30. The van der Waals surface area contributed by atoms with Crippen molar-refractivity contribution in [2.45, 2.75) is 30.5 Å². The van der Waals surface area contributed by atoms with Crippen LogP contribution in [0.5, 0.6) is 0 Å². The Balaban J connectivity index is 0.00000243. The number of benzene rings is 1. The number of hydrogen-bond acceptors (Lipinski definition) is 5. The van der Waals surface area contributed by atoms with Crippen molar-refractivity contribution in [1.82, 2.24) is 5.32 Å².